The first-order chi connectivity index (χ1) is 10.1. The molecule has 6 nitrogen and oxygen atoms in total. The van der Waals surface area contributed by atoms with Gasteiger partial charge in [0.25, 0.3) is 0 Å². The monoisotopic (exact) mass is 390 g/mol. The van der Waals surface area contributed by atoms with E-state index in [-0.39, 0.29) is 21.5 Å². The molecule has 2 saturated heterocycles. The van der Waals surface area contributed by atoms with Crippen molar-refractivity contribution in [3.8, 4) is 0 Å². The molecule has 0 aromatic carbocycles. The van der Waals surface area contributed by atoms with Crippen molar-refractivity contribution in [3.63, 3.8) is 0 Å². The Bertz CT molecular complexity index is 624. The van der Waals surface area contributed by atoms with Crippen LogP contribution in [0.3, 0.4) is 0 Å². The molecule has 0 aliphatic carbocycles. The highest BCUT2D eigenvalue weighted by Gasteiger charge is 2.59. The molecule has 2 aliphatic heterocycles. The van der Waals surface area contributed by atoms with E-state index in [1.807, 2.05) is 0 Å². The predicted octanol–water partition coefficient (Wildman–Crippen LogP) is 1.08. The van der Waals surface area contributed by atoms with Gasteiger partial charge in [0.1, 0.15) is 0 Å². The van der Waals surface area contributed by atoms with Gasteiger partial charge in [-0.3, -0.25) is 0 Å². The molecule has 0 N–H and O–H groups in total. The van der Waals surface area contributed by atoms with Crippen molar-refractivity contribution in [2.75, 3.05) is 26.2 Å². The fourth-order valence-corrected chi connectivity index (χ4v) is 4.96. The zero-order valence-electron chi connectivity index (χ0n) is 11.4. The third-order valence-corrected chi connectivity index (χ3v) is 7.22. The van der Waals surface area contributed by atoms with Crippen molar-refractivity contribution < 1.29 is 43.2 Å². The first-order valence-electron chi connectivity index (χ1n) is 6.25. The molecule has 0 aromatic heterocycles. The van der Waals surface area contributed by atoms with Gasteiger partial charge in [0.2, 0.25) is 0 Å². The second-order valence-corrected chi connectivity index (χ2v) is 9.43. The van der Waals surface area contributed by atoms with Crippen LogP contribution in [0.25, 0.3) is 0 Å². The van der Waals surface area contributed by atoms with E-state index >= 15 is 0 Å². The fourth-order valence-electron chi connectivity index (χ4n) is 2.82. The summed E-state index contributed by atoms with van der Waals surface area (Å²) < 4.78 is 121. The SMILES string of the molecule is O=S(=O)(N1CCC2(CCN(S(=O)(=O)C(F)(F)F)C2)C1)C(F)(F)F. The molecule has 14 heteroatoms. The number of alkyl halides is 6. The summed E-state index contributed by atoms with van der Waals surface area (Å²) in [4.78, 5) is 0. The number of sulfonamides is 2. The maximum absolute atomic E-state index is 12.5. The third-order valence-electron chi connectivity index (χ3n) is 4.07. The third kappa shape index (κ3) is 3.05. The van der Waals surface area contributed by atoms with Crippen molar-refractivity contribution in [3.05, 3.63) is 0 Å². The van der Waals surface area contributed by atoms with E-state index in [0.717, 1.165) is 0 Å². The van der Waals surface area contributed by atoms with Gasteiger partial charge in [-0.2, -0.15) is 35.0 Å². The van der Waals surface area contributed by atoms with Gasteiger partial charge in [-0.15, -0.1) is 0 Å². The molecule has 2 rings (SSSR count). The lowest BCUT2D eigenvalue weighted by atomic mass is 9.87. The molecule has 0 radical (unpaired) electrons. The molecule has 23 heavy (non-hydrogen) atoms. The molecule has 136 valence electrons. The van der Waals surface area contributed by atoms with Gasteiger partial charge in [0.05, 0.1) is 0 Å². The predicted molar refractivity (Wildman–Crippen MR) is 64.8 cm³/mol. The van der Waals surface area contributed by atoms with Crippen LogP contribution < -0.4 is 0 Å². The van der Waals surface area contributed by atoms with E-state index in [1.54, 1.807) is 0 Å². The Morgan fingerprint density at radius 1 is 0.696 bits per heavy atom. The Balaban J connectivity index is 2.17. The Hall–Kier alpha value is -0.600. The Morgan fingerprint density at radius 2 is 1.00 bits per heavy atom. The molecule has 2 fully saturated rings. The highest BCUT2D eigenvalue weighted by atomic mass is 32.2. The van der Waals surface area contributed by atoms with E-state index in [9.17, 15) is 43.2 Å². The number of nitrogens with zero attached hydrogens (tertiary/aromatic N) is 2. The van der Waals surface area contributed by atoms with Crippen molar-refractivity contribution >= 4 is 20.0 Å². The molecule has 2 aliphatic rings. The van der Waals surface area contributed by atoms with Crippen LogP contribution in [0.5, 0.6) is 0 Å². The zero-order chi connectivity index (χ0) is 17.9. The summed E-state index contributed by atoms with van der Waals surface area (Å²) in [5.74, 6) is 0. The Labute approximate surface area is 128 Å². The summed E-state index contributed by atoms with van der Waals surface area (Å²) in [6.45, 7) is -2.33. The molecular weight excluding hydrogens is 378 g/mol. The van der Waals surface area contributed by atoms with Gasteiger partial charge in [-0.05, 0) is 12.8 Å². The van der Waals surface area contributed by atoms with Gasteiger partial charge >= 0.3 is 31.1 Å². The number of hydrogen-bond donors (Lipinski definition) is 0. The van der Waals surface area contributed by atoms with Crippen molar-refractivity contribution in [1.82, 2.24) is 8.61 Å². The van der Waals surface area contributed by atoms with Crippen LogP contribution in [-0.4, -0.2) is 62.6 Å². The molecule has 0 aromatic rings. The lowest BCUT2D eigenvalue weighted by Crippen LogP contribution is -2.42. The molecule has 0 atom stereocenters. The van der Waals surface area contributed by atoms with Crippen LogP contribution in [0.1, 0.15) is 12.8 Å². The van der Waals surface area contributed by atoms with E-state index < -0.39 is 62.7 Å². The van der Waals surface area contributed by atoms with Gasteiger partial charge in [0.15, 0.2) is 0 Å². The zero-order valence-corrected chi connectivity index (χ0v) is 13.0. The fraction of sp³-hybridized carbons (Fsp3) is 1.00. The van der Waals surface area contributed by atoms with Crippen LogP contribution in [0, 0.1) is 5.41 Å². The lowest BCUT2D eigenvalue weighted by Gasteiger charge is -2.25. The second-order valence-electron chi connectivity index (χ2n) is 5.57. The summed E-state index contributed by atoms with van der Waals surface area (Å²) in [6.07, 6.45) is -0.266. The minimum atomic E-state index is -5.58. The highest BCUT2D eigenvalue weighted by molar-refractivity contribution is 7.90. The van der Waals surface area contributed by atoms with Crippen LogP contribution >= 0.6 is 0 Å². The summed E-state index contributed by atoms with van der Waals surface area (Å²) >= 11 is 0. The minimum absolute atomic E-state index is 0.133. The summed E-state index contributed by atoms with van der Waals surface area (Å²) in [5.41, 5.74) is -12.2. The summed E-state index contributed by atoms with van der Waals surface area (Å²) in [7, 11) is -11.2. The van der Waals surface area contributed by atoms with E-state index in [1.165, 1.54) is 0 Å². The molecule has 0 unspecified atom stereocenters. The topological polar surface area (TPSA) is 74.8 Å². The quantitative estimate of drug-likeness (QED) is 0.662. The first kappa shape index (κ1) is 18.7. The molecular formula is C9H12F6N2O4S2. The summed E-state index contributed by atoms with van der Waals surface area (Å²) in [5, 5.41) is 0. The van der Waals surface area contributed by atoms with Crippen molar-refractivity contribution in [1.29, 1.82) is 0 Å². The van der Waals surface area contributed by atoms with Crippen molar-refractivity contribution in [2.24, 2.45) is 5.41 Å². The molecule has 0 bridgehead atoms. The normalized spacial score (nSPS) is 24.6. The van der Waals surface area contributed by atoms with E-state index in [4.69, 9.17) is 0 Å². The van der Waals surface area contributed by atoms with Gasteiger partial charge in [-0.25, -0.2) is 16.8 Å². The number of halogens is 6. The molecule has 1 spiro atoms. The standard InChI is InChI=1S/C9H12F6N2O4S2/c10-8(11,12)22(18,19)16-3-1-7(5-16)2-4-17(6-7)23(20,21)9(13,14)15/h1-6H2. The second kappa shape index (κ2) is 5.20. The lowest BCUT2D eigenvalue weighted by molar-refractivity contribution is -0.0487. The smallest absolute Gasteiger partial charge is 0.203 e. The van der Waals surface area contributed by atoms with Crippen LogP contribution in [-0.2, 0) is 20.0 Å². The maximum atomic E-state index is 12.5. The maximum Gasteiger partial charge on any atom is 0.511 e. The average molecular weight is 390 g/mol. The van der Waals surface area contributed by atoms with E-state index in [2.05, 4.69) is 0 Å². The first-order valence-corrected chi connectivity index (χ1v) is 9.13. The van der Waals surface area contributed by atoms with E-state index in [0.29, 0.717) is 0 Å². The van der Waals surface area contributed by atoms with Gasteiger partial charge in [0, 0.05) is 31.6 Å². The number of rotatable bonds is 2. The molecule has 0 saturated carbocycles. The summed E-state index contributed by atoms with van der Waals surface area (Å²) in [6, 6.07) is 0. The Kier molecular flexibility index (Phi) is 4.23. The highest BCUT2D eigenvalue weighted by Crippen LogP contribution is 2.44. The van der Waals surface area contributed by atoms with Crippen LogP contribution in [0.15, 0.2) is 0 Å². The largest absolute Gasteiger partial charge is 0.511 e. The molecule has 0 amide bonds. The number of hydrogen-bond acceptors (Lipinski definition) is 4. The van der Waals surface area contributed by atoms with Crippen molar-refractivity contribution in [2.45, 2.75) is 23.9 Å². The Morgan fingerprint density at radius 3 is 1.26 bits per heavy atom. The molecule has 2 heterocycles. The van der Waals surface area contributed by atoms with Gasteiger partial charge < -0.3 is 0 Å². The van der Waals surface area contributed by atoms with Crippen LogP contribution in [0.4, 0.5) is 26.3 Å². The minimum Gasteiger partial charge on any atom is -0.203 e. The average Bonchev–Trinajstić information content (AvgIpc) is 2.95. The van der Waals surface area contributed by atoms with Gasteiger partial charge in [-0.1, -0.05) is 0 Å². The van der Waals surface area contributed by atoms with Crippen LogP contribution in [0.2, 0.25) is 0 Å².